The molecule has 0 spiro atoms. The number of halogens is 2. The van der Waals surface area contributed by atoms with E-state index in [1.165, 1.54) is 11.3 Å². The van der Waals surface area contributed by atoms with Crippen LogP contribution in [0, 0.1) is 19.8 Å². The van der Waals surface area contributed by atoms with Crippen molar-refractivity contribution in [1.29, 1.82) is 0 Å². The number of hydrogen-bond donors (Lipinski definition) is 1. The lowest BCUT2D eigenvalue weighted by atomic mass is 10.1. The van der Waals surface area contributed by atoms with E-state index in [-0.39, 0.29) is 30.7 Å². The summed E-state index contributed by atoms with van der Waals surface area (Å²) in [6.07, 6.45) is 0.540. The maximum Gasteiger partial charge on any atom is 0.308 e. The van der Waals surface area contributed by atoms with Crippen molar-refractivity contribution < 1.29 is 14.7 Å². The molecule has 0 bridgehead atoms. The number of thiazole rings is 1. The highest BCUT2D eigenvalue weighted by atomic mass is 35.5. The maximum absolute atomic E-state index is 12.2. The molecule has 1 unspecified atom stereocenters. The first-order chi connectivity index (χ1) is 7.99. The van der Waals surface area contributed by atoms with Crippen LogP contribution >= 0.6 is 36.2 Å². The Morgan fingerprint density at radius 2 is 2.00 bits per heavy atom. The molecule has 2 rings (SSSR count). The summed E-state index contributed by atoms with van der Waals surface area (Å²) in [4.78, 5) is 29.4. The van der Waals surface area contributed by atoms with E-state index in [0.717, 1.165) is 10.7 Å². The molecule has 0 aromatic carbocycles. The van der Waals surface area contributed by atoms with Crippen LogP contribution in [0.4, 0.5) is 0 Å². The number of rotatable bonds is 2. The minimum absolute atomic E-state index is 0. The Morgan fingerprint density at radius 1 is 1.37 bits per heavy atom. The van der Waals surface area contributed by atoms with Crippen molar-refractivity contribution in [3.05, 3.63) is 15.6 Å². The number of aromatic nitrogens is 1. The Bertz CT molecular complexity index is 479. The molecule has 1 aromatic heterocycles. The van der Waals surface area contributed by atoms with Gasteiger partial charge in [-0.25, -0.2) is 4.98 Å². The average Bonchev–Trinajstić information content (AvgIpc) is 2.84. The van der Waals surface area contributed by atoms with Gasteiger partial charge in [-0.15, -0.1) is 36.2 Å². The molecule has 2 heterocycles. The summed E-state index contributed by atoms with van der Waals surface area (Å²) < 4.78 is 0. The molecule has 19 heavy (non-hydrogen) atoms. The monoisotopic (exact) mass is 326 g/mol. The van der Waals surface area contributed by atoms with Gasteiger partial charge in [-0.05, 0) is 20.3 Å². The molecular weight excluding hydrogens is 311 g/mol. The number of carbonyl (C=O) groups excluding carboxylic acids is 1. The molecule has 1 saturated heterocycles. The predicted molar refractivity (Wildman–Crippen MR) is 77.7 cm³/mol. The van der Waals surface area contributed by atoms with Crippen molar-refractivity contribution in [2.24, 2.45) is 5.92 Å². The highest BCUT2D eigenvalue weighted by molar-refractivity contribution is 7.13. The van der Waals surface area contributed by atoms with Gasteiger partial charge in [0.25, 0.3) is 5.91 Å². The van der Waals surface area contributed by atoms with Crippen molar-refractivity contribution >= 4 is 48.0 Å². The number of aryl methyl sites for hydroxylation is 2. The Morgan fingerprint density at radius 3 is 2.42 bits per heavy atom. The normalized spacial score (nSPS) is 17.6. The highest BCUT2D eigenvalue weighted by Crippen LogP contribution is 2.23. The Balaban J connectivity index is 0.00000162. The SMILES string of the molecule is Cc1nc(C)c(C(=O)N2CCC(C(=O)O)C2)s1.Cl.Cl. The van der Waals surface area contributed by atoms with Crippen molar-refractivity contribution in [3.8, 4) is 0 Å². The van der Waals surface area contributed by atoms with Crippen LogP contribution in [-0.4, -0.2) is 40.0 Å². The van der Waals surface area contributed by atoms with Crippen LogP contribution in [0.15, 0.2) is 0 Å². The Kier molecular flexibility index (Phi) is 6.76. The van der Waals surface area contributed by atoms with E-state index >= 15 is 0 Å². The van der Waals surface area contributed by atoms with E-state index in [9.17, 15) is 9.59 Å². The third kappa shape index (κ3) is 3.81. The van der Waals surface area contributed by atoms with Crippen LogP contribution in [0.25, 0.3) is 0 Å². The molecule has 0 radical (unpaired) electrons. The van der Waals surface area contributed by atoms with Crippen LogP contribution < -0.4 is 0 Å². The summed E-state index contributed by atoms with van der Waals surface area (Å²) in [6, 6.07) is 0. The summed E-state index contributed by atoms with van der Waals surface area (Å²) in [5.74, 6) is -1.33. The third-order valence-electron chi connectivity index (χ3n) is 2.92. The molecule has 1 amide bonds. The summed E-state index contributed by atoms with van der Waals surface area (Å²) in [5.41, 5.74) is 0.733. The fourth-order valence-electron chi connectivity index (χ4n) is 2.02. The largest absolute Gasteiger partial charge is 0.481 e. The molecule has 1 atom stereocenters. The smallest absolute Gasteiger partial charge is 0.308 e. The van der Waals surface area contributed by atoms with Gasteiger partial charge < -0.3 is 10.0 Å². The number of aliphatic carboxylic acids is 1. The maximum atomic E-state index is 12.2. The van der Waals surface area contributed by atoms with Gasteiger partial charge in [0.05, 0.1) is 16.6 Å². The summed E-state index contributed by atoms with van der Waals surface area (Å²) in [7, 11) is 0. The summed E-state index contributed by atoms with van der Waals surface area (Å²) >= 11 is 1.37. The van der Waals surface area contributed by atoms with Crippen LogP contribution in [0.2, 0.25) is 0 Å². The third-order valence-corrected chi connectivity index (χ3v) is 3.98. The van der Waals surface area contributed by atoms with Crippen LogP contribution in [0.5, 0.6) is 0 Å². The average molecular weight is 327 g/mol. The Hall–Kier alpha value is -0.850. The lowest BCUT2D eigenvalue weighted by molar-refractivity contribution is -0.141. The first kappa shape index (κ1) is 18.1. The second-order valence-corrected chi connectivity index (χ2v) is 5.43. The van der Waals surface area contributed by atoms with E-state index in [4.69, 9.17) is 5.11 Å². The predicted octanol–water partition coefficient (Wildman–Crippen LogP) is 2.15. The van der Waals surface area contributed by atoms with Gasteiger partial charge in [0, 0.05) is 13.1 Å². The zero-order valence-electron chi connectivity index (χ0n) is 10.6. The van der Waals surface area contributed by atoms with Crippen molar-refractivity contribution in [2.75, 3.05) is 13.1 Å². The van der Waals surface area contributed by atoms with E-state index in [0.29, 0.717) is 24.4 Å². The molecule has 1 N–H and O–H groups in total. The molecule has 5 nitrogen and oxygen atoms in total. The molecule has 0 aliphatic carbocycles. The molecule has 1 aromatic rings. The van der Waals surface area contributed by atoms with Crippen LogP contribution in [-0.2, 0) is 4.79 Å². The van der Waals surface area contributed by atoms with Crippen molar-refractivity contribution in [3.63, 3.8) is 0 Å². The van der Waals surface area contributed by atoms with E-state index in [2.05, 4.69) is 4.98 Å². The van der Waals surface area contributed by atoms with Gasteiger partial charge in [0.15, 0.2) is 0 Å². The summed E-state index contributed by atoms with van der Waals surface area (Å²) in [5, 5.41) is 9.76. The van der Waals surface area contributed by atoms with Crippen LogP contribution in [0.1, 0.15) is 26.8 Å². The molecule has 108 valence electrons. The zero-order valence-corrected chi connectivity index (χ0v) is 13.0. The number of carbonyl (C=O) groups is 2. The molecular formula is C11H16Cl2N2O3S. The fraction of sp³-hybridized carbons (Fsp3) is 0.545. The summed E-state index contributed by atoms with van der Waals surface area (Å²) in [6.45, 7) is 4.50. The number of likely N-dealkylation sites (tertiary alicyclic amines) is 1. The minimum atomic E-state index is -0.822. The highest BCUT2D eigenvalue weighted by Gasteiger charge is 2.32. The van der Waals surface area contributed by atoms with Gasteiger partial charge in [-0.3, -0.25) is 9.59 Å². The quantitative estimate of drug-likeness (QED) is 0.903. The molecule has 8 heteroatoms. The molecule has 0 saturated carbocycles. The second-order valence-electron chi connectivity index (χ2n) is 4.22. The topological polar surface area (TPSA) is 70.5 Å². The standard InChI is InChI=1S/C11H14N2O3S.2ClH/c1-6-9(17-7(2)12-6)10(14)13-4-3-8(5-13)11(15)16;;/h8H,3-5H2,1-2H3,(H,15,16);2*1H. The number of nitrogens with zero attached hydrogens (tertiary/aromatic N) is 2. The molecule has 1 aliphatic rings. The zero-order chi connectivity index (χ0) is 12.6. The molecule has 1 aliphatic heterocycles. The van der Waals surface area contributed by atoms with Gasteiger partial charge in [0.1, 0.15) is 4.88 Å². The number of amides is 1. The van der Waals surface area contributed by atoms with E-state index in [1.54, 1.807) is 4.90 Å². The van der Waals surface area contributed by atoms with Gasteiger partial charge in [-0.1, -0.05) is 0 Å². The lowest BCUT2D eigenvalue weighted by Gasteiger charge is -2.14. The number of carboxylic acid groups (broad SMARTS) is 1. The van der Waals surface area contributed by atoms with E-state index in [1.807, 2.05) is 13.8 Å². The lowest BCUT2D eigenvalue weighted by Crippen LogP contribution is -2.29. The van der Waals surface area contributed by atoms with Crippen molar-refractivity contribution in [2.45, 2.75) is 20.3 Å². The number of carboxylic acids is 1. The second kappa shape index (κ2) is 7.07. The van der Waals surface area contributed by atoms with Gasteiger partial charge in [0.2, 0.25) is 0 Å². The van der Waals surface area contributed by atoms with Crippen LogP contribution in [0.3, 0.4) is 0 Å². The minimum Gasteiger partial charge on any atom is -0.481 e. The fourth-order valence-corrected chi connectivity index (χ4v) is 2.91. The van der Waals surface area contributed by atoms with E-state index < -0.39 is 11.9 Å². The first-order valence-electron chi connectivity index (χ1n) is 5.45. The number of hydrogen-bond acceptors (Lipinski definition) is 4. The Labute approximate surface area is 127 Å². The van der Waals surface area contributed by atoms with Crippen molar-refractivity contribution in [1.82, 2.24) is 9.88 Å². The molecule has 1 fully saturated rings. The first-order valence-corrected chi connectivity index (χ1v) is 6.27. The van der Waals surface area contributed by atoms with Gasteiger partial charge in [-0.2, -0.15) is 0 Å². The van der Waals surface area contributed by atoms with Gasteiger partial charge >= 0.3 is 5.97 Å².